The first kappa shape index (κ1) is 18.8. The van der Waals surface area contributed by atoms with Crippen LogP contribution in [0.15, 0.2) is 12.1 Å². The number of fused-ring (bicyclic) bond motifs is 1. The molecule has 0 N–H and O–H groups in total. The van der Waals surface area contributed by atoms with Crippen LogP contribution in [0, 0.1) is 0 Å². The van der Waals surface area contributed by atoms with Crippen LogP contribution in [0.5, 0.6) is 0 Å². The van der Waals surface area contributed by atoms with E-state index in [0.717, 1.165) is 37.0 Å². The van der Waals surface area contributed by atoms with Crippen LogP contribution in [0.4, 0.5) is 0 Å². The largest absolute Gasteiger partial charge is 0.451 e. The Bertz CT molecular complexity index is 813. The van der Waals surface area contributed by atoms with Crippen molar-refractivity contribution in [1.82, 2.24) is 4.90 Å². The highest BCUT2D eigenvalue weighted by Gasteiger charge is 2.23. The van der Waals surface area contributed by atoms with Crippen molar-refractivity contribution in [2.75, 3.05) is 19.7 Å². The predicted octanol–water partition coefficient (Wildman–Crippen LogP) is 5.42. The van der Waals surface area contributed by atoms with Gasteiger partial charge in [0.25, 0.3) is 5.91 Å². The molecule has 2 heterocycles. The quantitative estimate of drug-likeness (QED) is 0.623. The van der Waals surface area contributed by atoms with Gasteiger partial charge in [-0.25, -0.2) is 4.79 Å². The number of carbonyl (C=O) groups is 2. The topological polar surface area (TPSA) is 46.6 Å². The molecular formula is C17H16Cl3NO3S. The molecular weight excluding hydrogens is 405 g/mol. The van der Waals surface area contributed by atoms with Crippen molar-refractivity contribution in [3.05, 3.63) is 32.1 Å². The van der Waals surface area contributed by atoms with Gasteiger partial charge in [-0.05, 0) is 25.0 Å². The Morgan fingerprint density at radius 1 is 1.08 bits per heavy atom. The molecule has 4 nitrogen and oxygen atoms in total. The van der Waals surface area contributed by atoms with Crippen LogP contribution in [0.2, 0.25) is 15.1 Å². The zero-order chi connectivity index (χ0) is 18.0. The van der Waals surface area contributed by atoms with Crippen molar-refractivity contribution >= 4 is 68.1 Å². The van der Waals surface area contributed by atoms with Gasteiger partial charge in [-0.1, -0.05) is 47.6 Å². The maximum Gasteiger partial charge on any atom is 0.350 e. The van der Waals surface area contributed by atoms with Gasteiger partial charge in [0.15, 0.2) is 6.61 Å². The van der Waals surface area contributed by atoms with Crippen LogP contribution in [-0.4, -0.2) is 36.5 Å². The Morgan fingerprint density at radius 3 is 2.44 bits per heavy atom. The minimum absolute atomic E-state index is 0.173. The third-order valence-corrected chi connectivity index (χ3v) is 6.24. The maximum atomic E-state index is 12.3. The molecule has 0 bridgehead atoms. The first-order valence-electron chi connectivity index (χ1n) is 7.99. The van der Waals surface area contributed by atoms with Crippen LogP contribution in [-0.2, 0) is 9.53 Å². The fourth-order valence-corrected chi connectivity index (χ4v) is 5.11. The lowest BCUT2D eigenvalue weighted by Crippen LogP contribution is -2.35. The van der Waals surface area contributed by atoms with E-state index in [9.17, 15) is 9.59 Å². The minimum Gasteiger partial charge on any atom is -0.451 e. The molecule has 1 aliphatic rings. The average molecular weight is 421 g/mol. The Labute approximate surface area is 164 Å². The molecule has 134 valence electrons. The lowest BCUT2D eigenvalue weighted by Gasteiger charge is -2.19. The van der Waals surface area contributed by atoms with Crippen molar-refractivity contribution in [1.29, 1.82) is 0 Å². The minimum atomic E-state index is -0.624. The summed E-state index contributed by atoms with van der Waals surface area (Å²) in [6, 6.07) is 3.26. The predicted molar refractivity (Wildman–Crippen MR) is 102 cm³/mol. The molecule has 2 aromatic rings. The second-order valence-electron chi connectivity index (χ2n) is 5.88. The number of thiophene rings is 1. The first-order chi connectivity index (χ1) is 12.0. The van der Waals surface area contributed by atoms with E-state index in [1.807, 2.05) is 0 Å². The van der Waals surface area contributed by atoms with Gasteiger partial charge in [-0.15, -0.1) is 11.3 Å². The van der Waals surface area contributed by atoms with E-state index >= 15 is 0 Å². The normalized spacial score (nSPS) is 15.2. The van der Waals surface area contributed by atoms with Gasteiger partial charge in [-0.3, -0.25) is 4.79 Å². The molecule has 1 fully saturated rings. The molecule has 25 heavy (non-hydrogen) atoms. The molecule has 0 atom stereocenters. The molecule has 8 heteroatoms. The van der Waals surface area contributed by atoms with E-state index < -0.39 is 5.97 Å². The van der Waals surface area contributed by atoms with Crippen LogP contribution >= 0.6 is 46.1 Å². The van der Waals surface area contributed by atoms with Crippen molar-refractivity contribution in [3.8, 4) is 0 Å². The number of esters is 1. The van der Waals surface area contributed by atoms with Gasteiger partial charge in [0.05, 0.1) is 10.0 Å². The molecule has 1 amide bonds. The van der Waals surface area contributed by atoms with Gasteiger partial charge in [0, 0.05) is 28.2 Å². The summed E-state index contributed by atoms with van der Waals surface area (Å²) >= 11 is 19.6. The van der Waals surface area contributed by atoms with Gasteiger partial charge < -0.3 is 9.64 Å². The third-order valence-electron chi connectivity index (χ3n) is 4.12. The Kier molecular flexibility index (Phi) is 6.10. The third kappa shape index (κ3) is 4.22. The Morgan fingerprint density at radius 2 is 1.76 bits per heavy atom. The highest BCUT2D eigenvalue weighted by atomic mass is 35.5. The Balaban J connectivity index is 1.71. The summed E-state index contributed by atoms with van der Waals surface area (Å²) in [5, 5.41) is 1.65. The fraction of sp³-hybridized carbons (Fsp3) is 0.412. The average Bonchev–Trinajstić information content (AvgIpc) is 2.76. The molecule has 1 aliphatic heterocycles. The number of nitrogens with zero attached hydrogens (tertiary/aromatic N) is 1. The zero-order valence-electron chi connectivity index (χ0n) is 13.3. The van der Waals surface area contributed by atoms with Crippen LogP contribution in [0.3, 0.4) is 0 Å². The van der Waals surface area contributed by atoms with Gasteiger partial charge >= 0.3 is 5.97 Å². The summed E-state index contributed by atoms with van der Waals surface area (Å²) in [5.41, 5.74) is 0. The number of hydrogen-bond donors (Lipinski definition) is 0. The molecule has 0 saturated carbocycles. The molecule has 1 saturated heterocycles. The standard InChI is InChI=1S/C17H16Cl3NO3S/c18-10-7-11(19)14-12(8-10)25-16(15(14)20)17(23)24-9-13(22)21-5-3-1-2-4-6-21/h7-8H,1-6,9H2. The summed E-state index contributed by atoms with van der Waals surface area (Å²) < 4.78 is 5.89. The second-order valence-corrected chi connectivity index (χ2v) is 8.15. The number of amides is 1. The number of carbonyl (C=O) groups excluding carboxylic acids is 2. The van der Waals surface area contributed by atoms with Gasteiger partial charge in [0.2, 0.25) is 0 Å². The lowest BCUT2D eigenvalue weighted by atomic mass is 10.2. The van der Waals surface area contributed by atoms with Crippen molar-refractivity contribution in [3.63, 3.8) is 0 Å². The van der Waals surface area contributed by atoms with E-state index in [1.54, 1.807) is 17.0 Å². The van der Waals surface area contributed by atoms with Crippen LogP contribution in [0.1, 0.15) is 35.4 Å². The summed E-state index contributed by atoms with van der Waals surface area (Å²) in [6.07, 6.45) is 4.23. The molecule has 3 rings (SSSR count). The fourth-order valence-electron chi connectivity index (χ4n) is 2.85. The van der Waals surface area contributed by atoms with Crippen LogP contribution < -0.4 is 0 Å². The van der Waals surface area contributed by atoms with Crippen molar-refractivity contribution in [2.24, 2.45) is 0 Å². The first-order valence-corrected chi connectivity index (χ1v) is 9.94. The number of hydrogen-bond acceptors (Lipinski definition) is 4. The van der Waals surface area contributed by atoms with E-state index in [0.29, 0.717) is 33.2 Å². The van der Waals surface area contributed by atoms with Gasteiger partial charge in [-0.2, -0.15) is 0 Å². The highest BCUT2D eigenvalue weighted by Crippen LogP contribution is 2.41. The number of benzene rings is 1. The number of ether oxygens (including phenoxy) is 1. The maximum absolute atomic E-state index is 12.3. The Hall–Kier alpha value is -1.01. The van der Waals surface area contributed by atoms with E-state index in [-0.39, 0.29) is 22.4 Å². The van der Waals surface area contributed by atoms with Crippen molar-refractivity contribution in [2.45, 2.75) is 25.7 Å². The molecule has 0 unspecified atom stereocenters. The SMILES string of the molecule is O=C(OCC(=O)N1CCCCCC1)c1sc2cc(Cl)cc(Cl)c2c1Cl. The number of likely N-dealkylation sites (tertiary alicyclic amines) is 1. The second kappa shape index (κ2) is 8.12. The van der Waals surface area contributed by atoms with E-state index in [1.165, 1.54) is 0 Å². The van der Waals surface area contributed by atoms with Crippen LogP contribution in [0.25, 0.3) is 10.1 Å². The number of rotatable bonds is 3. The van der Waals surface area contributed by atoms with E-state index in [2.05, 4.69) is 0 Å². The highest BCUT2D eigenvalue weighted by molar-refractivity contribution is 7.21. The summed E-state index contributed by atoms with van der Waals surface area (Å²) in [4.78, 5) is 26.5. The lowest BCUT2D eigenvalue weighted by molar-refractivity contribution is -0.134. The van der Waals surface area contributed by atoms with Gasteiger partial charge in [0.1, 0.15) is 4.88 Å². The smallest absolute Gasteiger partial charge is 0.350 e. The van der Waals surface area contributed by atoms with Crippen molar-refractivity contribution < 1.29 is 14.3 Å². The molecule has 0 aliphatic carbocycles. The summed E-state index contributed by atoms with van der Waals surface area (Å²) in [6.45, 7) is 1.15. The molecule has 1 aromatic heterocycles. The number of halogens is 3. The monoisotopic (exact) mass is 419 g/mol. The zero-order valence-corrected chi connectivity index (χ0v) is 16.4. The summed E-state index contributed by atoms with van der Waals surface area (Å²) in [5.74, 6) is -0.796. The molecule has 0 spiro atoms. The van der Waals surface area contributed by atoms with E-state index in [4.69, 9.17) is 39.5 Å². The molecule has 0 radical (unpaired) electrons. The molecule has 1 aromatic carbocycles. The summed E-state index contributed by atoms with van der Waals surface area (Å²) in [7, 11) is 0.